The van der Waals surface area contributed by atoms with Crippen molar-refractivity contribution >= 4 is 11.9 Å². The predicted molar refractivity (Wildman–Crippen MR) is 255 cm³/mol. The van der Waals surface area contributed by atoms with Crippen LogP contribution >= 0.6 is 0 Å². The summed E-state index contributed by atoms with van der Waals surface area (Å²) >= 11 is 0. The molecule has 0 spiro atoms. The first-order chi connectivity index (χ1) is 28.7. The maximum atomic E-state index is 13.2. The lowest BCUT2D eigenvalue weighted by Gasteiger charge is -2.16. The number of carbonyl (C=O) groups is 2. The fourth-order valence-electron chi connectivity index (χ4n) is 8.57. The zero-order chi connectivity index (χ0) is 42.1. The van der Waals surface area contributed by atoms with Crippen LogP contribution in [0.1, 0.15) is 316 Å². The number of carbonyl (C=O) groups excluding carboxylic acids is 2. The minimum atomic E-state index is -0.359. The van der Waals surface area contributed by atoms with Gasteiger partial charge in [0.2, 0.25) is 0 Å². The molecule has 0 aliphatic heterocycles. The van der Waals surface area contributed by atoms with Gasteiger partial charge in [-0.2, -0.15) is 0 Å². The van der Waals surface area contributed by atoms with Crippen LogP contribution in [0.15, 0.2) is 0 Å². The highest BCUT2D eigenvalue weighted by atomic mass is 16.5. The summed E-state index contributed by atoms with van der Waals surface area (Å²) in [6.07, 6.45) is 59.1. The van der Waals surface area contributed by atoms with Crippen molar-refractivity contribution in [2.75, 3.05) is 13.2 Å². The van der Waals surface area contributed by atoms with Crippen LogP contribution in [0.25, 0.3) is 0 Å². The maximum Gasteiger partial charge on any atom is 0.309 e. The Morgan fingerprint density at radius 3 is 0.793 bits per heavy atom. The van der Waals surface area contributed by atoms with Gasteiger partial charge in [0, 0.05) is 0 Å². The monoisotopic (exact) mass is 819 g/mol. The van der Waals surface area contributed by atoms with Gasteiger partial charge in [0.15, 0.2) is 0 Å². The molecule has 4 heteroatoms. The maximum absolute atomic E-state index is 13.2. The molecule has 0 aromatic rings. The van der Waals surface area contributed by atoms with Crippen LogP contribution in [0.5, 0.6) is 0 Å². The van der Waals surface area contributed by atoms with Crippen molar-refractivity contribution in [1.29, 1.82) is 0 Å². The summed E-state index contributed by atoms with van der Waals surface area (Å²) in [5.41, 5.74) is 0. The number of unbranched alkanes of at least 4 members (excludes halogenated alkanes) is 41. The van der Waals surface area contributed by atoms with Gasteiger partial charge in [0.25, 0.3) is 0 Å². The summed E-state index contributed by atoms with van der Waals surface area (Å²) in [7, 11) is 0. The lowest BCUT2D eigenvalue weighted by molar-refractivity contribution is -0.155. The molecule has 346 valence electrons. The average molecular weight is 819 g/mol. The lowest BCUT2D eigenvalue weighted by atomic mass is 9.97. The van der Waals surface area contributed by atoms with Crippen molar-refractivity contribution in [3.8, 4) is 0 Å². The Bertz CT molecular complexity index is 796. The second-order valence-electron chi connectivity index (χ2n) is 18.6. The highest BCUT2D eigenvalue weighted by Crippen LogP contribution is 2.20. The fraction of sp³-hybridized carbons (Fsp3) is 0.963. The summed E-state index contributed by atoms with van der Waals surface area (Å²) < 4.78 is 11.4. The largest absolute Gasteiger partial charge is 0.466 e. The van der Waals surface area contributed by atoms with Crippen molar-refractivity contribution in [3.63, 3.8) is 0 Å². The third-order valence-corrected chi connectivity index (χ3v) is 12.7. The van der Waals surface area contributed by atoms with Crippen molar-refractivity contribution in [1.82, 2.24) is 0 Å². The summed E-state index contributed by atoms with van der Waals surface area (Å²) in [6.45, 7) is 7.83. The van der Waals surface area contributed by atoms with E-state index < -0.39 is 0 Å². The highest BCUT2D eigenvalue weighted by Gasteiger charge is 2.24. The minimum Gasteiger partial charge on any atom is -0.466 e. The van der Waals surface area contributed by atoms with E-state index in [-0.39, 0.29) is 24.3 Å². The van der Waals surface area contributed by atoms with Crippen LogP contribution < -0.4 is 0 Å². The van der Waals surface area contributed by atoms with E-state index in [1.165, 1.54) is 244 Å². The summed E-state index contributed by atoms with van der Waals surface area (Å²) in [6, 6.07) is 0. The smallest absolute Gasteiger partial charge is 0.309 e. The van der Waals surface area contributed by atoms with Crippen LogP contribution in [-0.4, -0.2) is 25.2 Å². The van der Waals surface area contributed by atoms with Crippen LogP contribution in [0, 0.1) is 5.92 Å². The van der Waals surface area contributed by atoms with Gasteiger partial charge in [-0.15, -0.1) is 0 Å². The first-order valence-corrected chi connectivity index (χ1v) is 27.0. The normalized spacial score (nSPS) is 12.0. The molecule has 0 aromatic carbocycles. The molecular formula is C54H106O4. The van der Waals surface area contributed by atoms with Crippen LogP contribution in [0.2, 0.25) is 0 Å². The molecule has 0 heterocycles. The Balaban J connectivity index is 4.20. The first-order valence-electron chi connectivity index (χ1n) is 27.0. The van der Waals surface area contributed by atoms with Gasteiger partial charge in [-0.1, -0.05) is 290 Å². The van der Waals surface area contributed by atoms with Crippen molar-refractivity contribution < 1.29 is 19.1 Å². The van der Waals surface area contributed by atoms with Crippen molar-refractivity contribution in [2.45, 2.75) is 316 Å². The molecule has 4 nitrogen and oxygen atoms in total. The molecule has 1 atom stereocenters. The molecule has 0 aliphatic carbocycles. The number of esters is 2. The molecule has 0 saturated carbocycles. The molecule has 0 bridgehead atoms. The third-order valence-electron chi connectivity index (χ3n) is 12.7. The Morgan fingerprint density at radius 2 is 0.517 bits per heavy atom. The van der Waals surface area contributed by atoms with Crippen LogP contribution in [0.3, 0.4) is 0 Å². The van der Waals surface area contributed by atoms with Gasteiger partial charge in [0.1, 0.15) is 0 Å². The molecule has 1 unspecified atom stereocenters. The third kappa shape index (κ3) is 46.0. The van der Waals surface area contributed by atoms with Gasteiger partial charge in [0.05, 0.1) is 25.6 Å². The molecule has 0 amide bonds. The Hall–Kier alpha value is -1.06. The van der Waals surface area contributed by atoms with Gasteiger partial charge in [-0.25, -0.2) is 0 Å². The summed E-state index contributed by atoms with van der Waals surface area (Å²) in [5.74, 6) is -0.754. The molecule has 0 radical (unpaired) electrons. The molecule has 0 N–H and O–H groups in total. The standard InChI is InChI=1S/C54H106O4/c1-4-7-10-13-16-19-22-25-28-29-30-33-36-39-42-45-48-52(54(56)58-50-47-44-41-38-35-32-27-24-21-18-15-12-9-6-3)51-53(55)57-49-46-43-40-37-34-31-26-23-20-17-14-11-8-5-2/h52H,4-51H2,1-3H3. The molecule has 0 aliphatic rings. The van der Waals surface area contributed by atoms with E-state index in [1.54, 1.807) is 0 Å². The number of ether oxygens (including phenoxy) is 2. The molecule has 58 heavy (non-hydrogen) atoms. The fourth-order valence-corrected chi connectivity index (χ4v) is 8.57. The van der Waals surface area contributed by atoms with Gasteiger partial charge in [-0.05, 0) is 19.3 Å². The SMILES string of the molecule is CCCCCCCCCCCCCCCCCCC(CC(=O)OCCCCCCCCCCCCCCCC)C(=O)OCCCCCCCCCCCCCCCC. The molecular weight excluding hydrogens is 713 g/mol. The van der Waals surface area contributed by atoms with E-state index in [2.05, 4.69) is 20.8 Å². The quantitative estimate of drug-likeness (QED) is 0.0453. The molecule has 0 saturated heterocycles. The zero-order valence-electron chi connectivity index (χ0n) is 40.2. The van der Waals surface area contributed by atoms with E-state index in [0.29, 0.717) is 13.2 Å². The minimum absolute atomic E-state index is 0.176. The van der Waals surface area contributed by atoms with Gasteiger partial charge in [-0.3, -0.25) is 9.59 Å². The second kappa shape index (κ2) is 50.3. The number of hydrogen-bond donors (Lipinski definition) is 0. The highest BCUT2D eigenvalue weighted by molar-refractivity contribution is 5.79. The van der Waals surface area contributed by atoms with E-state index in [1.807, 2.05) is 0 Å². The van der Waals surface area contributed by atoms with Gasteiger partial charge < -0.3 is 9.47 Å². The van der Waals surface area contributed by atoms with Crippen molar-refractivity contribution in [3.05, 3.63) is 0 Å². The van der Waals surface area contributed by atoms with Gasteiger partial charge >= 0.3 is 11.9 Å². The Labute approximate surface area is 365 Å². The van der Waals surface area contributed by atoms with Crippen molar-refractivity contribution in [2.24, 2.45) is 5.92 Å². The predicted octanol–water partition coefficient (Wildman–Crippen LogP) is 18.7. The van der Waals surface area contributed by atoms with E-state index in [9.17, 15) is 9.59 Å². The summed E-state index contributed by atoms with van der Waals surface area (Å²) in [5, 5.41) is 0. The zero-order valence-corrected chi connectivity index (χ0v) is 40.2. The molecule has 0 fully saturated rings. The molecule has 0 rings (SSSR count). The second-order valence-corrected chi connectivity index (χ2v) is 18.6. The first kappa shape index (κ1) is 56.9. The molecule has 0 aromatic heterocycles. The average Bonchev–Trinajstić information content (AvgIpc) is 3.22. The lowest BCUT2D eigenvalue weighted by Crippen LogP contribution is -2.23. The topological polar surface area (TPSA) is 52.6 Å². The number of hydrogen-bond acceptors (Lipinski definition) is 4. The van der Waals surface area contributed by atoms with E-state index >= 15 is 0 Å². The Morgan fingerprint density at radius 1 is 0.293 bits per heavy atom. The van der Waals surface area contributed by atoms with E-state index in [4.69, 9.17) is 9.47 Å². The Kier molecular flexibility index (Phi) is 49.4. The summed E-state index contributed by atoms with van der Waals surface area (Å²) in [4.78, 5) is 26.0. The number of rotatable bonds is 50. The van der Waals surface area contributed by atoms with Crippen LogP contribution in [-0.2, 0) is 19.1 Å². The van der Waals surface area contributed by atoms with Crippen LogP contribution in [0.4, 0.5) is 0 Å². The van der Waals surface area contributed by atoms with E-state index in [0.717, 1.165) is 44.9 Å².